The fraction of sp³-hybridized carbons (Fsp3) is 0.579. The van der Waals surface area contributed by atoms with E-state index >= 15 is 0 Å². The first kappa shape index (κ1) is 19.2. The van der Waals surface area contributed by atoms with Gasteiger partial charge in [0.15, 0.2) is 0 Å². The zero-order valence-corrected chi connectivity index (χ0v) is 15.8. The van der Waals surface area contributed by atoms with Crippen LogP contribution in [-0.4, -0.2) is 70.6 Å². The molecule has 0 spiro atoms. The second-order valence-corrected chi connectivity index (χ2v) is 7.69. The maximum Gasteiger partial charge on any atom is 0.325 e. The van der Waals surface area contributed by atoms with Gasteiger partial charge in [-0.2, -0.15) is 0 Å². The summed E-state index contributed by atoms with van der Waals surface area (Å²) in [6, 6.07) is 6.95. The third-order valence-corrected chi connectivity index (χ3v) is 4.83. The van der Waals surface area contributed by atoms with Gasteiger partial charge in [-0.15, -0.1) is 0 Å². The quantitative estimate of drug-likeness (QED) is 0.913. The van der Waals surface area contributed by atoms with Crippen molar-refractivity contribution in [1.29, 1.82) is 0 Å². The van der Waals surface area contributed by atoms with Crippen molar-refractivity contribution in [3.63, 3.8) is 0 Å². The van der Waals surface area contributed by atoms with E-state index in [1.807, 2.05) is 63.9 Å². The van der Waals surface area contributed by atoms with Crippen molar-refractivity contribution in [1.82, 2.24) is 14.7 Å². The number of nitrogens with zero attached hydrogens (tertiary/aromatic N) is 3. The van der Waals surface area contributed by atoms with E-state index in [2.05, 4.69) is 0 Å². The monoisotopic (exact) mass is 347 g/mol. The molecule has 1 atom stereocenters. The molecule has 2 amide bonds. The highest BCUT2D eigenvalue weighted by Crippen LogP contribution is 2.24. The first-order valence-corrected chi connectivity index (χ1v) is 8.67. The number of rotatable bonds is 3. The molecule has 1 saturated heterocycles. The predicted octanol–water partition coefficient (Wildman–Crippen LogP) is 2.59. The van der Waals surface area contributed by atoms with Crippen LogP contribution >= 0.6 is 0 Å². The number of amides is 2. The van der Waals surface area contributed by atoms with Crippen LogP contribution in [0.4, 0.5) is 4.79 Å². The van der Waals surface area contributed by atoms with Gasteiger partial charge in [-0.25, -0.2) is 4.79 Å². The summed E-state index contributed by atoms with van der Waals surface area (Å²) < 4.78 is 0. The van der Waals surface area contributed by atoms with Crippen LogP contribution in [0.25, 0.3) is 0 Å². The Morgan fingerprint density at radius 1 is 1.16 bits per heavy atom. The Kier molecular flexibility index (Phi) is 5.72. The van der Waals surface area contributed by atoms with Crippen molar-refractivity contribution in [3.8, 4) is 0 Å². The van der Waals surface area contributed by atoms with E-state index in [4.69, 9.17) is 0 Å². The number of carbonyl (C=O) groups excluding carboxylic acids is 1. The van der Waals surface area contributed by atoms with Crippen LogP contribution in [0.15, 0.2) is 24.3 Å². The van der Waals surface area contributed by atoms with Gasteiger partial charge in [-0.05, 0) is 33.3 Å². The summed E-state index contributed by atoms with van der Waals surface area (Å²) in [5, 5.41) is 9.71. The number of carbonyl (C=O) groups is 2. The van der Waals surface area contributed by atoms with Crippen molar-refractivity contribution in [2.75, 3.05) is 33.2 Å². The molecule has 0 aliphatic carbocycles. The molecule has 1 aromatic rings. The zero-order chi connectivity index (χ0) is 18.8. The lowest BCUT2D eigenvalue weighted by Gasteiger charge is -2.41. The van der Waals surface area contributed by atoms with Gasteiger partial charge in [0, 0.05) is 38.8 Å². The summed E-state index contributed by atoms with van der Waals surface area (Å²) in [7, 11) is 1.81. The smallest absolute Gasteiger partial charge is 0.325 e. The Morgan fingerprint density at radius 2 is 1.76 bits per heavy atom. The zero-order valence-electron chi connectivity index (χ0n) is 15.8. The van der Waals surface area contributed by atoms with Crippen LogP contribution in [-0.2, 0) is 4.79 Å². The third-order valence-electron chi connectivity index (χ3n) is 4.83. The second-order valence-electron chi connectivity index (χ2n) is 7.69. The van der Waals surface area contributed by atoms with E-state index in [0.29, 0.717) is 26.2 Å². The van der Waals surface area contributed by atoms with Crippen molar-refractivity contribution >= 4 is 12.0 Å². The summed E-state index contributed by atoms with van der Waals surface area (Å²) in [6.45, 7) is 10.1. The average molecular weight is 347 g/mol. The van der Waals surface area contributed by atoms with Crippen LogP contribution < -0.4 is 0 Å². The van der Waals surface area contributed by atoms with Gasteiger partial charge in [0.2, 0.25) is 0 Å². The highest BCUT2D eigenvalue weighted by atomic mass is 16.4. The maximum atomic E-state index is 12.6. The number of aryl methyl sites for hydroxylation is 1. The summed E-state index contributed by atoms with van der Waals surface area (Å²) in [4.78, 5) is 29.9. The van der Waals surface area contributed by atoms with E-state index in [9.17, 15) is 14.7 Å². The number of carboxylic acid groups (broad SMARTS) is 1. The van der Waals surface area contributed by atoms with E-state index in [-0.39, 0.29) is 11.6 Å². The van der Waals surface area contributed by atoms with Crippen LogP contribution in [0.1, 0.15) is 37.9 Å². The van der Waals surface area contributed by atoms with E-state index in [1.165, 1.54) is 0 Å². The molecule has 0 aromatic heterocycles. The van der Waals surface area contributed by atoms with Crippen LogP contribution in [0.2, 0.25) is 0 Å². The summed E-state index contributed by atoms with van der Waals surface area (Å²) in [5.41, 5.74) is 1.60. The minimum Gasteiger partial charge on any atom is -0.480 e. The van der Waals surface area contributed by atoms with E-state index in [0.717, 1.165) is 11.1 Å². The molecule has 1 heterocycles. The Hall–Kier alpha value is -2.08. The first-order chi connectivity index (χ1) is 11.6. The normalized spacial score (nSPS) is 17.2. The van der Waals surface area contributed by atoms with Gasteiger partial charge >= 0.3 is 12.0 Å². The maximum absolute atomic E-state index is 12.6. The molecule has 1 N–H and O–H groups in total. The fourth-order valence-electron chi connectivity index (χ4n) is 3.02. The van der Waals surface area contributed by atoms with Crippen molar-refractivity contribution < 1.29 is 14.7 Å². The number of benzene rings is 1. The van der Waals surface area contributed by atoms with Crippen LogP contribution in [0.3, 0.4) is 0 Å². The average Bonchev–Trinajstić information content (AvgIpc) is 2.53. The molecule has 1 aliphatic heterocycles. The predicted molar refractivity (Wildman–Crippen MR) is 97.6 cm³/mol. The number of urea groups is 1. The number of hydrogen-bond donors (Lipinski definition) is 1. The van der Waals surface area contributed by atoms with Crippen molar-refractivity contribution in [2.24, 2.45) is 0 Å². The molecule has 25 heavy (non-hydrogen) atoms. The molecule has 6 heteroatoms. The van der Waals surface area contributed by atoms with Crippen LogP contribution in [0.5, 0.6) is 0 Å². The van der Waals surface area contributed by atoms with Crippen molar-refractivity contribution in [3.05, 3.63) is 35.4 Å². The van der Waals surface area contributed by atoms with Crippen LogP contribution in [0, 0.1) is 6.92 Å². The fourth-order valence-corrected chi connectivity index (χ4v) is 3.02. The minimum absolute atomic E-state index is 0.00502. The number of aliphatic carboxylic acids is 1. The molecule has 0 bridgehead atoms. The van der Waals surface area contributed by atoms with Gasteiger partial charge in [0.1, 0.15) is 6.04 Å². The molecule has 6 nitrogen and oxygen atoms in total. The molecular formula is C19H29N3O3. The third kappa shape index (κ3) is 4.51. The largest absolute Gasteiger partial charge is 0.480 e. The molecule has 1 aromatic carbocycles. The summed E-state index contributed by atoms with van der Waals surface area (Å²) in [5.74, 6) is -0.850. The molecule has 1 fully saturated rings. The summed E-state index contributed by atoms with van der Waals surface area (Å²) in [6.07, 6.45) is 0. The minimum atomic E-state index is -0.850. The summed E-state index contributed by atoms with van der Waals surface area (Å²) >= 11 is 0. The topological polar surface area (TPSA) is 64.1 Å². The molecule has 1 unspecified atom stereocenters. The Morgan fingerprint density at radius 3 is 2.24 bits per heavy atom. The van der Waals surface area contributed by atoms with Crippen molar-refractivity contribution in [2.45, 2.75) is 39.3 Å². The molecule has 0 radical (unpaired) electrons. The standard InChI is InChI=1S/C19H29N3O3/c1-14-7-6-8-15(13-14)16(17(23)24)21-9-11-22(12-10-21)18(25)20(5)19(2,3)4/h6-8,13,16H,9-12H2,1-5H3,(H,23,24). The lowest BCUT2D eigenvalue weighted by Crippen LogP contribution is -2.56. The molecule has 0 saturated carbocycles. The lowest BCUT2D eigenvalue weighted by molar-refractivity contribution is -0.144. The van der Waals surface area contributed by atoms with Gasteiger partial charge in [0.05, 0.1) is 0 Å². The Balaban J connectivity index is 2.07. The van der Waals surface area contributed by atoms with Gasteiger partial charge < -0.3 is 14.9 Å². The van der Waals surface area contributed by atoms with E-state index in [1.54, 1.807) is 9.80 Å². The number of hydrogen-bond acceptors (Lipinski definition) is 3. The van der Waals surface area contributed by atoms with Gasteiger partial charge in [-0.3, -0.25) is 9.69 Å². The Bertz CT molecular complexity index is 631. The molecular weight excluding hydrogens is 318 g/mol. The number of carboxylic acids is 1. The Labute approximate surface area is 150 Å². The van der Waals surface area contributed by atoms with E-state index < -0.39 is 12.0 Å². The second kappa shape index (κ2) is 7.44. The highest BCUT2D eigenvalue weighted by molar-refractivity contribution is 5.76. The van der Waals surface area contributed by atoms with Gasteiger partial charge in [0.25, 0.3) is 0 Å². The number of piperazine rings is 1. The molecule has 1 aliphatic rings. The molecule has 138 valence electrons. The first-order valence-electron chi connectivity index (χ1n) is 8.67. The van der Waals surface area contributed by atoms with Gasteiger partial charge in [-0.1, -0.05) is 29.8 Å². The highest BCUT2D eigenvalue weighted by Gasteiger charge is 2.33. The molecule has 2 rings (SSSR count). The SMILES string of the molecule is Cc1cccc(C(C(=O)O)N2CCN(C(=O)N(C)C(C)(C)C)CC2)c1. The lowest BCUT2D eigenvalue weighted by atomic mass is 10.0.